The van der Waals surface area contributed by atoms with Gasteiger partial charge in [0.25, 0.3) is 0 Å². The Morgan fingerprint density at radius 1 is 1.24 bits per heavy atom. The van der Waals surface area contributed by atoms with Gasteiger partial charge in [-0.25, -0.2) is 8.42 Å². The summed E-state index contributed by atoms with van der Waals surface area (Å²) in [5.74, 6) is 1.06. The second kappa shape index (κ2) is 6.93. The van der Waals surface area contributed by atoms with E-state index in [0.717, 1.165) is 0 Å². The van der Waals surface area contributed by atoms with Gasteiger partial charge in [0.05, 0.1) is 4.90 Å². The van der Waals surface area contributed by atoms with Crippen molar-refractivity contribution in [3.05, 3.63) is 36.0 Å². The predicted octanol–water partition coefficient (Wildman–Crippen LogP) is 1.90. The number of anilines is 1. The molecule has 134 valence electrons. The first kappa shape index (κ1) is 17.6. The van der Waals surface area contributed by atoms with Crippen LogP contribution in [0.3, 0.4) is 0 Å². The highest BCUT2D eigenvalue weighted by molar-refractivity contribution is 7.89. The quantitative estimate of drug-likeness (QED) is 0.888. The minimum atomic E-state index is -3.55. The first-order valence-corrected chi connectivity index (χ1v) is 9.48. The topological polar surface area (TPSA) is 105 Å². The second-order valence-corrected chi connectivity index (χ2v) is 8.00. The number of sulfonamides is 1. The van der Waals surface area contributed by atoms with Crippen LogP contribution in [0, 0.1) is 6.92 Å². The molecule has 0 bridgehead atoms. The van der Waals surface area contributed by atoms with Crippen molar-refractivity contribution < 1.29 is 17.7 Å². The normalized spacial score (nSPS) is 16.7. The van der Waals surface area contributed by atoms with Crippen molar-refractivity contribution in [3.8, 4) is 0 Å². The van der Waals surface area contributed by atoms with Gasteiger partial charge in [-0.3, -0.25) is 4.79 Å². The lowest BCUT2D eigenvalue weighted by atomic mass is 9.98. The van der Waals surface area contributed by atoms with E-state index in [1.807, 2.05) is 0 Å². The Labute approximate surface area is 146 Å². The van der Waals surface area contributed by atoms with Crippen molar-refractivity contribution in [2.24, 2.45) is 0 Å². The van der Waals surface area contributed by atoms with Gasteiger partial charge < -0.3 is 9.84 Å². The monoisotopic (exact) mass is 364 g/mol. The number of aromatic nitrogens is 2. The molecule has 1 aromatic carbocycles. The lowest BCUT2D eigenvalue weighted by Crippen LogP contribution is -2.37. The van der Waals surface area contributed by atoms with E-state index in [9.17, 15) is 13.2 Å². The van der Waals surface area contributed by atoms with E-state index in [1.165, 1.54) is 23.4 Å². The molecule has 0 spiro atoms. The summed E-state index contributed by atoms with van der Waals surface area (Å²) in [7, 11) is -3.55. The molecule has 1 aliphatic heterocycles. The van der Waals surface area contributed by atoms with Crippen LogP contribution in [-0.4, -0.2) is 41.9 Å². The highest BCUT2D eigenvalue weighted by Gasteiger charge is 2.31. The van der Waals surface area contributed by atoms with E-state index < -0.39 is 10.0 Å². The first-order valence-electron chi connectivity index (χ1n) is 8.04. The van der Waals surface area contributed by atoms with Gasteiger partial charge in [-0.15, -0.1) is 0 Å². The first-order chi connectivity index (χ1) is 11.9. The zero-order valence-electron chi connectivity index (χ0n) is 14.1. The smallest absolute Gasteiger partial charge is 0.243 e. The Bertz CT molecular complexity index is 853. The molecular weight excluding hydrogens is 344 g/mol. The van der Waals surface area contributed by atoms with Gasteiger partial charge >= 0.3 is 0 Å². The number of carbonyl (C=O) groups excluding carboxylic acids is 1. The zero-order valence-corrected chi connectivity index (χ0v) is 14.9. The van der Waals surface area contributed by atoms with Gasteiger partial charge in [0.2, 0.25) is 21.8 Å². The maximum Gasteiger partial charge on any atom is 0.243 e. The summed E-state index contributed by atoms with van der Waals surface area (Å²) in [5.41, 5.74) is 0.567. The zero-order chi connectivity index (χ0) is 18.0. The number of hydrogen-bond acceptors (Lipinski definition) is 6. The lowest BCUT2D eigenvalue weighted by molar-refractivity contribution is -0.114. The van der Waals surface area contributed by atoms with E-state index in [4.69, 9.17) is 4.52 Å². The molecule has 0 atom stereocenters. The number of aryl methyl sites for hydroxylation is 1. The van der Waals surface area contributed by atoms with Crippen molar-refractivity contribution in [1.29, 1.82) is 0 Å². The van der Waals surface area contributed by atoms with Gasteiger partial charge in [0.15, 0.2) is 5.82 Å². The van der Waals surface area contributed by atoms with Gasteiger partial charge in [-0.2, -0.15) is 9.29 Å². The summed E-state index contributed by atoms with van der Waals surface area (Å²) in [6.45, 7) is 3.97. The number of carbonyl (C=O) groups is 1. The number of nitrogens with one attached hydrogen (secondary N) is 1. The van der Waals surface area contributed by atoms with E-state index in [2.05, 4.69) is 15.5 Å². The average molecular weight is 364 g/mol. The van der Waals surface area contributed by atoms with E-state index in [0.29, 0.717) is 43.3 Å². The molecule has 2 heterocycles. The summed E-state index contributed by atoms with van der Waals surface area (Å²) in [4.78, 5) is 15.5. The van der Waals surface area contributed by atoms with Crippen LogP contribution in [0.2, 0.25) is 0 Å². The third kappa shape index (κ3) is 3.88. The number of nitrogens with zero attached hydrogens (tertiary/aromatic N) is 3. The number of hydrogen-bond donors (Lipinski definition) is 1. The van der Waals surface area contributed by atoms with Gasteiger partial charge in [-0.1, -0.05) is 5.16 Å². The molecule has 1 aliphatic rings. The van der Waals surface area contributed by atoms with E-state index >= 15 is 0 Å². The lowest BCUT2D eigenvalue weighted by Gasteiger charge is -2.29. The summed E-state index contributed by atoms with van der Waals surface area (Å²) in [6.07, 6.45) is 1.29. The van der Waals surface area contributed by atoms with Crippen LogP contribution >= 0.6 is 0 Å². The SMILES string of the molecule is CC(=O)Nc1ccc(S(=O)(=O)N2CCC(c3nc(C)no3)CC2)cc1. The van der Waals surface area contributed by atoms with Gasteiger partial charge in [0, 0.05) is 31.6 Å². The van der Waals surface area contributed by atoms with Crippen LogP contribution in [0.5, 0.6) is 0 Å². The molecule has 1 amide bonds. The molecule has 0 radical (unpaired) electrons. The third-order valence-corrected chi connectivity index (χ3v) is 6.07. The summed E-state index contributed by atoms with van der Waals surface area (Å²) >= 11 is 0. The minimum Gasteiger partial charge on any atom is -0.339 e. The van der Waals surface area contributed by atoms with Crippen molar-refractivity contribution >= 4 is 21.6 Å². The molecule has 0 saturated carbocycles. The Balaban J connectivity index is 1.68. The molecule has 1 saturated heterocycles. The highest BCUT2D eigenvalue weighted by Crippen LogP contribution is 2.30. The van der Waals surface area contributed by atoms with Crippen LogP contribution in [0.25, 0.3) is 0 Å². The summed E-state index contributed by atoms with van der Waals surface area (Å²) < 4.78 is 32.2. The highest BCUT2D eigenvalue weighted by atomic mass is 32.2. The molecule has 3 rings (SSSR count). The van der Waals surface area contributed by atoms with E-state index in [1.54, 1.807) is 19.1 Å². The molecular formula is C16H20N4O4S. The van der Waals surface area contributed by atoms with E-state index in [-0.39, 0.29) is 16.7 Å². The predicted molar refractivity (Wildman–Crippen MR) is 90.5 cm³/mol. The Hall–Kier alpha value is -2.26. The molecule has 2 aromatic rings. The summed E-state index contributed by atoms with van der Waals surface area (Å²) in [6, 6.07) is 6.19. The standard InChI is InChI=1S/C16H20N4O4S/c1-11-17-16(24-19-11)13-7-9-20(10-8-13)25(22,23)15-5-3-14(4-6-15)18-12(2)21/h3-6,13H,7-10H2,1-2H3,(H,18,21). The Morgan fingerprint density at radius 3 is 2.40 bits per heavy atom. The fraction of sp³-hybridized carbons (Fsp3) is 0.438. The van der Waals surface area contributed by atoms with Crippen LogP contribution in [0.1, 0.15) is 37.4 Å². The van der Waals surface area contributed by atoms with Crippen LogP contribution in [-0.2, 0) is 14.8 Å². The Kier molecular flexibility index (Phi) is 4.87. The van der Waals surface area contributed by atoms with Crippen molar-refractivity contribution in [2.75, 3.05) is 18.4 Å². The number of rotatable bonds is 4. The summed E-state index contributed by atoms with van der Waals surface area (Å²) in [5, 5.41) is 6.41. The maximum atomic E-state index is 12.8. The van der Waals surface area contributed by atoms with Crippen LogP contribution < -0.4 is 5.32 Å². The molecule has 0 unspecified atom stereocenters. The van der Waals surface area contributed by atoms with Crippen LogP contribution in [0.15, 0.2) is 33.7 Å². The fourth-order valence-corrected chi connectivity index (χ4v) is 4.35. The Morgan fingerprint density at radius 2 is 1.88 bits per heavy atom. The van der Waals surface area contributed by atoms with Crippen LogP contribution in [0.4, 0.5) is 5.69 Å². The number of piperidine rings is 1. The molecule has 9 heteroatoms. The molecule has 25 heavy (non-hydrogen) atoms. The molecule has 8 nitrogen and oxygen atoms in total. The molecule has 1 fully saturated rings. The average Bonchev–Trinajstić information content (AvgIpc) is 3.01. The second-order valence-electron chi connectivity index (χ2n) is 6.06. The number of amides is 1. The maximum absolute atomic E-state index is 12.8. The largest absolute Gasteiger partial charge is 0.339 e. The molecule has 1 aromatic heterocycles. The van der Waals surface area contributed by atoms with Gasteiger partial charge in [0.1, 0.15) is 0 Å². The number of benzene rings is 1. The van der Waals surface area contributed by atoms with Crippen molar-refractivity contribution in [1.82, 2.24) is 14.4 Å². The van der Waals surface area contributed by atoms with Crippen molar-refractivity contribution in [2.45, 2.75) is 37.5 Å². The molecule has 0 aliphatic carbocycles. The van der Waals surface area contributed by atoms with Gasteiger partial charge in [-0.05, 0) is 44.0 Å². The minimum absolute atomic E-state index is 0.0924. The fourth-order valence-electron chi connectivity index (χ4n) is 2.88. The third-order valence-electron chi connectivity index (χ3n) is 4.16. The molecule has 1 N–H and O–H groups in total. The van der Waals surface area contributed by atoms with Crippen molar-refractivity contribution in [3.63, 3.8) is 0 Å².